The van der Waals surface area contributed by atoms with E-state index in [2.05, 4.69) is 32.2 Å². The van der Waals surface area contributed by atoms with E-state index in [0.29, 0.717) is 26.0 Å². The topological polar surface area (TPSA) is 64.6 Å². The maximum absolute atomic E-state index is 12.5. The molecule has 0 aliphatic heterocycles. The van der Waals surface area contributed by atoms with Crippen molar-refractivity contribution in [3.63, 3.8) is 0 Å². The van der Waals surface area contributed by atoms with Crippen molar-refractivity contribution in [2.45, 2.75) is 187 Å². The van der Waals surface area contributed by atoms with Crippen molar-refractivity contribution in [2.24, 2.45) is 0 Å². The van der Waals surface area contributed by atoms with Crippen molar-refractivity contribution >= 4 is 11.9 Å². The quantitative estimate of drug-likeness (QED) is 0.0488. The van der Waals surface area contributed by atoms with Crippen LogP contribution in [0.15, 0.2) is 12.2 Å². The lowest BCUT2D eigenvalue weighted by Crippen LogP contribution is -2.24. The summed E-state index contributed by atoms with van der Waals surface area (Å²) in [4.78, 5) is 24.4. The summed E-state index contributed by atoms with van der Waals surface area (Å²) in [5.41, 5.74) is 0. The van der Waals surface area contributed by atoms with Crippen LogP contribution in [0.2, 0.25) is 0 Å². The number of carbonyl (C=O) groups is 2. The van der Waals surface area contributed by atoms with Crippen molar-refractivity contribution in [1.29, 1.82) is 0 Å². The van der Waals surface area contributed by atoms with Gasteiger partial charge in [-0.2, -0.15) is 0 Å². The standard InChI is InChI=1S/C36H69NO4/c1-4-7-10-13-16-19-23-28-34(27-22-18-15-12-9-6-3)41-36(39)30-32-37-31-25-21-24-29-35(38)40-33-26-20-17-14-11-8-5-2/h20,26,34,37H,4-19,21-25,27-33H2,1-3H3/b26-20-. The highest BCUT2D eigenvalue weighted by Gasteiger charge is 2.14. The number of allylic oxidation sites excluding steroid dienone is 1. The van der Waals surface area contributed by atoms with Gasteiger partial charge in [0.2, 0.25) is 0 Å². The summed E-state index contributed by atoms with van der Waals surface area (Å²) in [6.07, 6.45) is 32.8. The number of carbonyl (C=O) groups excluding carboxylic acids is 2. The first-order chi connectivity index (χ1) is 20.1. The highest BCUT2D eigenvalue weighted by molar-refractivity contribution is 5.70. The summed E-state index contributed by atoms with van der Waals surface area (Å²) in [5.74, 6) is -0.169. The van der Waals surface area contributed by atoms with Crippen molar-refractivity contribution in [3.05, 3.63) is 12.2 Å². The average Bonchev–Trinajstić information content (AvgIpc) is 2.96. The summed E-state index contributed by atoms with van der Waals surface area (Å²) in [6, 6.07) is 0. The number of unbranched alkanes of at least 4 members (excludes halogenated alkanes) is 17. The van der Waals surface area contributed by atoms with Gasteiger partial charge in [0.05, 0.1) is 6.42 Å². The molecular formula is C36H69NO4. The number of nitrogens with one attached hydrogen (secondary N) is 1. The Morgan fingerprint density at radius 1 is 0.561 bits per heavy atom. The summed E-state index contributed by atoms with van der Waals surface area (Å²) in [6.45, 7) is 8.64. The van der Waals surface area contributed by atoms with Gasteiger partial charge < -0.3 is 14.8 Å². The molecule has 0 aromatic rings. The normalized spacial score (nSPS) is 12.2. The van der Waals surface area contributed by atoms with E-state index in [1.54, 1.807) is 0 Å². The summed E-state index contributed by atoms with van der Waals surface area (Å²) in [5, 5.41) is 3.37. The van der Waals surface area contributed by atoms with Crippen molar-refractivity contribution in [2.75, 3.05) is 19.7 Å². The molecule has 1 N–H and O–H groups in total. The molecule has 0 aliphatic rings. The second-order valence-electron chi connectivity index (χ2n) is 11.9. The van der Waals surface area contributed by atoms with E-state index >= 15 is 0 Å². The van der Waals surface area contributed by atoms with Gasteiger partial charge in [0.15, 0.2) is 0 Å². The minimum absolute atomic E-state index is 0.0609. The molecule has 0 fully saturated rings. The van der Waals surface area contributed by atoms with Crippen LogP contribution in [0.3, 0.4) is 0 Å². The molecule has 1 unspecified atom stereocenters. The smallest absolute Gasteiger partial charge is 0.307 e. The van der Waals surface area contributed by atoms with Gasteiger partial charge in [0, 0.05) is 13.0 Å². The van der Waals surface area contributed by atoms with Gasteiger partial charge in [-0.25, -0.2) is 0 Å². The lowest BCUT2D eigenvalue weighted by atomic mass is 10.0. The molecule has 0 bridgehead atoms. The summed E-state index contributed by atoms with van der Waals surface area (Å²) < 4.78 is 11.2. The van der Waals surface area contributed by atoms with Crippen LogP contribution in [0, 0.1) is 0 Å². The Balaban J connectivity index is 3.90. The van der Waals surface area contributed by atoms with Crippen molar-refractivity contribution in [3.8, 4) is 0 Å². The second kappa shape index (κ2) is 33.1. The van der Waals surface area contributed by atoms with Crippen molar-refractivity contribution in [1.82, 2.24) is 5.32 Å². The molecule has 5 nitrogen and oxygen atoms in total. The SMILES string of the molecule is CCCCCC/C=C\COC(=O)CCCCCNCCC(=O)OC(CCCCCCCC)CCCCCCCCC. The molecule has 242 valence electrons. The fourth-order valence-corrected chi connectivity index (χ4v) is 5.09. The minimum atomic E-state index is -0.108. The monoisotopic (exact) mass is 580 g/mol. The fourth-order valence-electron chi connectivity index (χ4n) is 5.09. The molecule has 0 saturated carbocycles. The largest absolute Gasteiger partial charge is 0.462 e. The predicted molar refractivity (Wildman–Crippen MR) is 175 cm³/mol. The van der Waals surface area contributed by atoms with Gasteiger partial charge in [-0.15, -0.1) is 0 Å². The maximum Gasteiger partial charge on any atom is 0.307 e. The zero-order valence-electron chi connectivity index (χ0n) is 27.7. The van der Waals surface area contributed by atoms with Gasteiger partial charge in [0.1, 0.15) is 12.7 Å². The van der Waals surface area contributed by atoms with Gasteiger partial charge in [0.25, 0.3) is 0 Å². The highest BCUT2D eigenvalue weighted by Crippen LogP contribution is 2.17. The molecular weight excluding hydrogens is 510 g/mol. The number of hydrogen-bond acceptors (Lipinski definition) is 5. The minimum Gasteiger partial charge on any atom is -0.462 e. The van der Waals surface area contributed by atoms with Crippen LogP contribution in [-0.2, 0) is 19.1 Å². The zero-order chi connectivity index (χ0) is 30.1. The second-order valence-corrected chi connectivity index (χ2v) is 11.9. The molecule has 41 heavy (non-hydrogen) atoms. The third kappa shape index (κ3) is 31.4. The Labute approximate surface area is 255 Å². The number of ether oxygens (including phenoxy) is 2. The van der Waals surface area contributed by atoms with Crippen molar-refractivity contribution < 1.29 is 19.1 Å². The third-order valence-electron chi connectivity index (χ3n) is 7.78. The molecule has 5 heteroatoms. The van der Waals surface area contributed by atoms with Crippen LogP contribution in [0.5, 0.6) is 0 Å². The molecule has 0 rings (SSSR count). The van der Waals surface area contributed by atoms with E-state index in [4.69, 9.17) is 9.47 Å². The highest BCUT2D eigenvalue weighted by atomic mass is 16.5. The Hall–Kier alpha value is -1.36. The Morgan fingerprint density at radius 2 is 1.10 bits per heavy atom. The number of esters is 2. The molecule has 0 aromatic carbocycles. The van der Waals surface area contributed by atoms with Crippen LogP contribution >= 0.6 is 0 Å². The van der Waals surface area contributed by atoms with E-state index in [1.165, 1.54) is 109 Å². The van der Waals surface area contributed by atoms with E-state index in [1.807, 2.05) is 6.08 Å². The summed E-state index contributed by atoms with van der Waals surface area (Å²) >= 11 is 0. The van der Waals surface area contributed by atoms with Crippen LogP contribution in [0.25, 0.3) is 0 Å². The van der Waals surface area contributed by atoms with E-state index in [-0.39, 0.29) is 18.0 Å². The third-order valence-corrected chi connectivity index (χ3v) is 7.78. The van der Waals surface area contributed by atoms with E-state index in [9.17, 15) is 9.59 Å². The Morgan fingerprint density at radius 3 is 1.71 bits per heavy atom. The van der Waals surface area contributed by atoms with Crippen LogP contribution in [-0.4, -0.2) is 37.7 Å². The van der Waals surface area contributed by atoms with E-state index < -0.39 is 0 Å². The van der Waals surface area contributed by atoms with Crippen LogP contribution < -0.4 is 5.32 Å². The summed E-state index contributed by atoms with van der Waals surface area (Å²) in [7, 11) is 0. The number of rotatable bonds is 32. The van der Waals surface area contributed by atoms with Gasteiger partial charge in [-0.1, -0.05) is 129 Å². The van der Waals surface area contributed by atoms with Crippen LogP contribution in [0.4, 0.5) is 0 Å². The average molecular weight is 580 g/mol. The molecule has 0 aliphatic carbocycles. The van der Waals surface area contributed by atoms with Gasteiger partial charge >= 0.3 is 11.9 Å². The van der Waals surface area contributed by atoms with Crippen LogP contribution in [0.1, 0.15) is 181 Å². The lowest BCUT2D eigenvalue weighted by Gasteiger charge is -2.18. The first-order valence-corrected chi connectivity index (χ1v) is 17.8. The fraction of sp³-hybridized carbons (Fsp3) is 0.889. The van der Waals surface area contributed by atoms with E-state index in [0.717, 1.165) is 45.1 Å². The van der Waals surface area contributed by atoms with Gasteiger partial charge in [-0.3, -0.25) is 9.59 Å². The Bertz CT molecular complexity index is 592. The molecule has 0 radical (unpaired) electrons. The molecule has 0 aromatic heterocycles. The predicted octanol–water partition coefficient (Wildman–Crippen LogP) is 10.4. The Kier molecular flexibility index (Phi) is 32.0. The first-order valence-electron chi connectivity index (χ1n) is 17.8. The zero-order valence-corrected chi connectivity index (χ0v) is 27.7. The molecule has 0 saturated heterocycles. The lowest BCUT2D eigenvalue weighted by molar-refractivity contribution is -0.149. The molecule has 0 spiro atoms. The molecule has 0 heterocycles. The number of hydrogen-bond donors (Lipinski definition) is 1. The maximum atomic E-state index is 12.5. The first kappa shape index (κ1) is 39.6. The molecule has 0 amide bonds. The molecule has 1 atom stereocenters. The van der Waals surface area contributed by atoms with Gasteiger partial charge in [-0.05, 0) is 57.9 Å².